The van der Waals surface area contributed by atoms with Crippen LogP contribution in [0.1, 0.15) is 25.1 Å². The van der Waals surface area contributed by atoms with Crippen LogP contribution in [-0.2, 0) is 32.1 Å². The number of rotatable bonds is 7. The minimum absolute atomic E-state index is 0.235. The number of hydrogen-bond donors (Lipinski definition) is 2. The Hall–Kier alpha value is -2.03. The maximum Gasteiger partial charge on any atom is 0.190 e. The lowest BCUT2D eigenvalue weighted by Crippen LogP contribution is -2.41. The molecule has 0 spiro atoms. The fraction of sp³-hybridized carbons (Fsp3) is 0.476. The number of benzene rings is 1. The molecular weight excluding hydrogens is 360 g/mol. The van der Waals surface area contributed by atoms with E-state index in [4.69, 9.17) is 18.9 Å². The molecule has 2 N–H and O–H groups in total. The van der Waals surface area contributed by atoms with Gasteiger partial charge >= 0.3 is 0 Å². The molecule has 0 bridgehead atoms. The van der Waals surface area contributed by atoms with Gasteiger partial charge in [-0.2, -0.15) is 0 Å². The molecule has 2 aromatic rings. The first-order valence-corrected chi connectivity index (χ1v) is 9.52. The fourth-order valence-electron chi connectivity index (χ4n) is 3.59. The second-order valence-corrected chi connectivity index (χ2v) is 7.50. The number of ether oxygens (including phenoxy) is 4. The first-order chi connectivity index (χ1) is 13.5. The standard InChI is InChI=1S/C21H26N2O5/c1-21(2)27-19-18(25-13-15-8-5-6-10-23-15)17(26-20(19)28-21)12-22-11-14-7-3-4-9-16(14)24/h3-10,17-20,22,24H,11-13H2,1-2H3/t17-,18+,19-,20-/m1/s1. The number of pyridine rings is 1. The Morgan fingerprint density at radius 2 is 1.96 bits per heavy atom. The fourth-order valence-corrected chi connectivity index (χ4v) is 3.59. The first-order valence-electron chi connectivity index (χ1n) is 9.52. The third-order valence-corrected chi connectivity index (χ3v) is 4.89. The molecular formula is C21H26N2O5. The van der Waals surface area contributed by atoms with Crippen molar-refractivity contribution >= 4 is 0 Å². The third kappa shape index (κ3) is 4.34. The van der Waals surface area contributed by atoms with Gasteiger partial charge in [0, 0.05) is 24.8 Å². The van der Waals surface area contributed by atoms with Crippen molar-refractivity contribution in [3.8, 4) is 5.75 Å². The average molecular weight is 386 g/mol. The molecule has 0 unspecified atom stereocenters. The number of phenols is 1. The van der Waals surface area contributed by atoms with E-state index in [0.717, 1.165) is 11.3 Å². The molecule has 0 radical (unpaired) electrons. The van der Waals surface area contributed by atoms with Crippen molar-refractivity contribution in [2.45, 2.75) is 57.4 Å². The molecule has 1 aromatic heterocycles. The van der Waals surface area contributed by atoms with Gasteiger partial charge in [0.1, 0.15) is 24.1 Å². The van der Waals surface area contributed by atoms with E-state index in [1.54, 1.807) is 18.3 Å². The zero-order chi connectivity index (χ0) is 19.6. The van der Waals surface area contributed by atoms with Crippen molar-refractivity contribution in [3.05, 3.63) is 59.9 Å². The summed E-state index contributed by atoms with van der Waals surface area (Å²) in [4.78, 5) is 4.31. The van der Waals surface area contributed by atoms with Crippen LogP contribution in [-0.4, -0.2) is 47.0 Å². The summed E-state index contributed by atoms with van der Waals surface area (Å²) >= 11 is 0. The summed E-state index contributed by atoms with van der Waals surface area (Å²) < 4.78 is 24.1. The van der Waals surface area contributed by atoms with Crippen LogP contribution in [0.5, 0.6) is 5.75 Å². The summed E-state index contributed by atoms with van der Waals surface area (Å²) in [6.45, 7) is 5.19. The molecule has 7 nitrogen and oxygen atoms in total. The van der Waals surface area contributed by atoms with Crippen LogP contribution >= 0.6 is 0 Å². The van der Waals surface area contributed by atoms with E-state index in [-0.39, 0.29) is 24.1 Å². The molecule has 3 heterocycles. The van der Waals surface area contributed by atoms with E-state index in [1.165, 1.54) is 0 Å². The highest BCUT2D eigenvalue weighted by atomic mass is 16.8. The van der Waals surface area contributed by atoms with Crippen molar-refractivity contribution in [2.24, 2.45) is 0 Å². The van der Waals surface area contributed by atoms with Gasteiger partial charge in [0.05, 0.1) is 12.3 Å². The number of hydrogen-bond acceptors (Lipinski definition) is 7. The summed E-state index contributed by atoms with van der Waals surface area (Å²) in [5.41, 5.74) is 1.69. The second-order valence-electron chi connectivity index (χ2n) is 7.50. The Labute approximate surface area is 164 Å². The lowest BCUT2D eigenvalue weighted by Gasteiger charge is -2.26. The van der Waals surface area contributed by atoms with Gasteiger partial charge in [0.2, 0.25) is 0 Å². The van der Waals surface area contributed by atoms with Gasteiger partial charge < -0.3 is 29.4 Å². The van der Waals surface area contributed by atoms with Gasteiger partial charge in [0.25, 0.3) is 0 Å². The minimum atomic E-state index is -0.698. The van der Waals surface area contributed by atoms with E-state index in [0.29, 0.717) is 19.7 Å². The van der Waals surface area contributed by atoms with Crippen molar-refractivity contribution < 1.29 is 24.1 Å². The maximum atomic E-state index is 9.91. The summed E-state index contributed by atoms with van der Waals surface area (Å²) in [5, 5.41) is 13.2. The SMILES string of the molecule is CC1(C)O[C@H]2O[C@H](CNCc3ccccc3O)[C@H](OCc3ccccn3)[C@H]2O1. The second kappa shape index (κ2) is 8.14. The molecule has 2 saturated heterocycles. The lowest BCUT2D eigenvalue weighted by atomic mass is 10.1. The topological polar surface area (TPSA) is 82.1 Å². The molecule has 7 heteroatoms. The number of fused-ring (bicyclic) bond motifs is 1. The van der Waals surface area contributed by atoms with Crippen molar-refractivity contribution in [1.82, 2.24) is 10.3 Å². The van der Waals surface area contributed by atoms with E-state index < -0.39 is 12.1 Å². The third-order valence-electron chi connectivity index (χ3n) is 4.89. The Balaban J connectivity index is 1.39. The van der Waals surface area contributed by atoms with Crippen molar-refractivity contribution in [1.29, 1.82) is 0 Å². The predicted octanol–water partition coefficient (Wildman–Crippen LogP) is 2.34. The maximum absolute atomic E-state index is 9.91. The Morgan fingerprint density at radius 1 is 1.14 bits per heavy atom. The molecule has 4 rings (SSSR count). The van der Waals surface area contributed by atoms with E-state index >= 15 is 0 Å². The van der Waals surface area contributed by atoms with Gasteiger partial charge in [-0.15, -0.1) is 0 Å². The monoisotopic (exact) mass is 386 g/mol. The van der Waals surface area contributed by atoms with Crippen LogP contribution in [0.25, 0.3) is 0 Å². The lowest BCUT2D eigenvalue weighted by molar-refractivity contribution is -0.218. The Morgan fingerprint density at radius 3 is 2.75 bits per heavy atom. The van der Waals surface area contributed by atoms with Crippen LogP contribution in [0.15, 0.2) is 48.7 Å². The molecule has 2 aliphatic rings. The van der Waals surface area contributed by atoms with Crippen molar-refractivity contribution in [3.63, 3.8) is 0 Å². The zero-order valence-electron chi connectivity index (χ0n) is 16.1. The molecule has 2 aliphatic heterocycles. The zero-order valence-corrected chi connectivity index (χ0v) is 16.1. The van der Waals surface area contributed by atoms with Crippen LogP contribution in [0, 0.1) is 0 Å². The van der Waals surface area contributed by atoms with E-state index in [9.17, 15) is 5.11 Å². The summed E-state index contributed by atoms with van der Waals surface area (Å²) in [7, 11) is 0. The number of phenolic OH excluding ortho intramolecular Hbond substituents is 1. The molecule has 1 aromatic carbocycles. The van der Waals surface area contributed by atoms with Crippen LogP contribution < -0.4 is 5.32 Å². The molecule has 4 atom stereocenters. The summed E-state index contributed by atoms with van der Waals surface area (Å²) in [5.74, 6) is -0.425. The van der Waals surface area contributed by atoms with Gasteiger partial charge in [-0.3, -0.25) is 4.98 Å². The Bertz CT molecular complexity index is 785. The molecule has 0 saturated carbocycles. The van der Waals surface area contributed by atoms with Crippen LogP contribution in [0.4, 0.5) is 0 Å². The molecule has 28 heavy (non-hydrogen) atoms. The predicted molar refractivity (Wildman–Crippen MR) is 101 cm³/mol. The smallest absolute Gasteiger partial charge is 0.190 e. The normalized spacial score (nSPS) is 28.4. The number of nitrogens with one attached hydrogen (secondary N) is 1. The van der Waals surface area contributed by atoms with Crippen LogP contribution in [0.3, 0.4) is 0 Å². The van der Waals surface area contributed by atoms with Gasteiger partial charge in [-0.05, 0) is 32.0 Å². The van der Waals surface area contributed by atoms with Crippen molar-refractivity contribution in [2.75, 3.05) is 6.54 Å². The Kier molecular flexibility index (Phi) is 5.61. The highest BCUT2D eigenvalue weighted by Gasteiger charge is 2.55. The van der Waals surface area contributed by atoms with E-state index in [2.05, 4.69) is 10.3 Å². The van der Waals surface area contributed by atoms with E-state index in [1.807, 2.05) is 44.2 Å². The molecule has 0 amide bonds. The van der Waals surface area contributed by atoms with Gasteiger partial charge in [-0.1, -0.05) is 24.3 Å². The molecule has 2 fully saturated rings. The average Bonchev–Trinajstić information content (AvgIpc) is 3.14. The number of aromatic nitrogens is 1. The quantitative estimate of drug-likeness (QED) is 0.756. The highest BCUT2D eigenvalue weighted by molar-refractivity contribution is 5.31. The summed E-state index contributed by atoms with van der Waals surface area (Å²) in [6, 6.07) is 13.0. The summed E-state index contributed by atoms with van der Waals surface area (Å²) in [6.07, 6.45) is 0.471. The number of nitrogens with zero attached hydrogens (tertiary/aromatic N) is 1. The minimum Gasteiger partial charge on any atom is -0.508 e. The number of aromatic hydroxyl groups is 1. The number of para-hydroxylation sites is 1. The van der Waals surface area contributed by atoms with Crippen LogP contribution in [0.2, 0.25) is 0 Å². The molecule has 0 aliphatic carbocycles. The molecule has 150 valence electrons. The first kappa shape index (κ1) is 19.3. The van der Waals surface area contributed by atoms with Gasteiger partial charge in [0.15, 0.2) is 12.1 Å². The highest BCUT2D eigenvalue weighted by Crippen LogP contribution is 2.38. The van der Waals surface area contributed by atoms with Gasteiger partial charge in [-0.25, -0.2) is 0 Å². The largest absolute Gasteiger partial charge is 0.508 e.